The van der Waals surface area contributed by atoms with Gasteiger partial charge in [0.05, 0.1) is 11.7 Å². The van der Waals surface area contributed by atoms with Gasteiger partial charge in [0, 0.05) is 29.9 Å². The largest absolute Gasteiger partial charge is 0.375 e. The number of nitrogens with zero attached hydrogens (tertiary/aromatic N) is 2. The Balaban J connectivity index is 1.87. The van der Waals surface area contributed by atoms with Gasteiger partial charge in [-0.1, -0.05) is 18.2 Å². The van der Waals surface area contributed by atoms with Crippen LogP contribution in [0.1, 0.15) is 17.8 Å². The molecule has 4 heteroatoms. The van der Waals surface area contributed by atoms with Crippen molar-refractivity contribution in [2.75, 3.05) is 24.3 Å². The summed E-state index contributed by atoms with van der Waals surface area (Å²) in [7, 11) is 4.02. The molecule has 0 bridgehead atoms. The molecule has 1 atom stereocenters. The summed E-state index contributed by atoms with van der Waals surface area (Å²) in [5, 5.41) is 4.89. The van der Waals surface area contributed by atoms with E-state index in [1.165, 1.54) is 15.0 Å². The standard InChI is InChI=1S/C17H19N3S/c1-12(16-11-13-7-4-5-9-15(13)21-16)19-14-8-6-10-18-17(14)20(2)3/h4-12,19H,1-3H3. The third-order valence-corrected chi connectivity index (χ3v) is 4.75. The zero-order valence-electron chi connectivity index (χ0n) is 12.5. The number of thiophene rings is 1. The molecule has 108 valence electrons. The van der Waals surface area contributed by atoms with Crippen LogP contribution in [0, 0.1) is 0 Å². The molecule has 0 saturated heterocycles. The molecule has 3 rings (SSSR count). The number of anilines is 2. The minimum atomic E-state index is 0.255. The molecule has 0 saturated carbocycles. The molecular weight excluding hydrogens is 278 g/mol. The first-order valence-corrected chi connectivity index (χ1v) is 7.84. The van der Waals surface area contributed by atoms with Crippen LogP contribution in [0.2, 0.25) is 0 Å². The van der Waals surface area contributed by atoms with Gasteiger partial charge in [-0.3, -0.25) is 0 Å². The Morgan fingerprint density at radius 2 is 1.95 bits per heavy atom. The van der Waals surface area contributed by atoms with Crippen LogP contribution in [0.3, 0.4) is 0 Å². The Kier molecular flexibility index (Phi) is 3.80. The highest BCUT2D eigenvalue weighted by molar-refractivity contribution is 7.19. The van der Waals surface area contributed by atoms with Gasteiger partial charge >= 0.3 is 0 Å². The SMILES string of the molecule is CC(Nc1cccnc1N(C)C)c1cc2ccccc2s1. The fourth-order valence-corrected chi connectivity index (χ4v) is 3.45. The van der Waals surface area contributed by atoms with Crippen LogP contribution in [0.5, 0.6) is 0 Å². The lowest BCUT2D eigenvalue weighted by Gasteiger charge is -2.20. The Hall–Kier alpha value is -2.07. The number of aromatic nitrogens is 1. The zero-order valence-corrected chi connectivity index (χ0v) is 13.3. The predicted octanol–water partition coefficient (Wildman–Crippen LogP) is 4.54. The molecule has 0 amide bonds. The molecule has 1 N–H and O–H groups in total. The normalized spacial score (nSPS) is 12.3. The number of nitrogens with one attached hydrogen (secondary N) is 1. The number of fused-ring (bicyclic) bond motifs is 1. The highest BCUT2D eigenvalue weighted by atomic mass is 32.1. The average molecular weight is 297 g/mol. The van der Waals surface area contributed by atoms with Crippen molar-refractivity contribution in [3.8, 4) is 0 Å². The lowest BCUT2D eigenvalue weighted by atomic mass is 10.2. The second-order valence-corrected chi connectivity index (χ2v) is 6.44. The first-order chi connectivity index (χ1) is 10.1. The summed E-state index contributed by atoms with van der Waals surface area (Å²) < 4.78 is 1.33. The molecule has 0 aliphatic carbocycles. The Bertz CT molecular complexity index is 715. The highest BCUT2D eigenvalue weighted by Crippen LogP contribution is 2.32. The smallest absolute Gasteiger partial charge is 0.151 e. The predicted molar refractivity (Wildman–Crippen MR) is 92.4 cm³/mol. The molecule has 1 aromatic carbocycles. The van der Waals surface area contributed by atoms with Crippen LogP contribution in [-0.4, -0.2) is 19.1 Å². The maximum atomic E-state index is 4.43. The number of pyridine rings is 1. The average Bonchev–Trinajstić information content (AvgIpc) is 2.91. The second-order valence-electron chi connectivity index (χ2n) is 5.32. The maximum Gasteiger partial charge on any atom is 0.151 e. The molecule has 2 heterocycles. The van der Waals surface area contributed by atoms with Crippen LogP contribution in [-0.2, 0) is 0 Å². The van der Waals surface area contributed by atoms with Crippen LogP contribution in [0.25, 0.3) is 10.1 Å². The van der Waals surface area contributed by atoms with Crippen molar-refractivity contribution in [3.05, 3.63) is 53.5 Å². The van der Waals surface area contributed by atoms with E-state index in [9.17, 15) is 0 Å². The fraction of sp³-hybridized carbons (Fsp3) is 0.235. The van der Waals surface area contributed by atoms with Gasteiger partial charge in [-0.05, 0) is 36.6 Å². The highest BCUT2D eigenvalue weighted by Gasteiger charge is 2.12. The van der Waals surface area contributed by atoms with Gasteiger partial charge in [-0.25, -0.2) is 4.98 Å². The van der Waals surface area contributed by atoms with Crippen molar-refractivity contribution in [2.24, 2.45) is 0 Å². The van der Waals surface area contributed by atoms with Crippen molar-refractivity contribution in [1.29, 1.82) is 0 Å². The van der Waals surface area contributed by atoms with E-state index < -0.39 is 0 Å². The van der Waals surface area contributed by atoms with E-state index in [2.05, 4.69) is 53.6 Å². The van der Waals surface area contributed by atoms with Crippen molar-refractivity contribution in [3.63, 3.8) is 0 Å². The van der Waals surface area contributed by atoms with Crippen molar-refractivity contribution < 1.29 is 0 Å². The summed E-state index contributed by atoms with van der Waals surface area (Å²) in [5.74, 6) is 0.963. The summed E-state index contributed by atoms with van der Waals surface area (Å²) >= 11 is 1.84. The van der Waals surface area contributed by atoms with Crippen LogP contribution in [0.4, 0.5) is 11.5 Å². The Morgan fingerprint density at radius 1 is 1.14 bits per heavy atom. The third-order valence-electron chi connectivity index (χ3n) is 3.45. The van der Waals surface area contributed by atoms with Gasteiger partial charge < -0.3 is 10.2 Å². The fourth-order valence-electron chi connectivity index (χ4n) is 2.39. The molecule has 0 spiro atoms. The molecular formula is C17H19N3S. The second kappa shape index (κ2) is 5.74. The van der Waals surface area contributed by atoms with Gasteiger partial charge in [0.25, 0.3) is 0 Å². The van der Waals surface area contributed by atoms with E-state index in [1.807, 2.05) is 42.6 Å². The van der Waals surface area contributed by atoms with Gasteiger partial charge in [-0.2, -0.15) is 0 Å². The molecule has 0 aliphatic rings. The first-order valence-electron chi connectivity index (χ1n) is 7.02. The van der Waals surface area contributed by atoms with E-state index in [-0.39, 0.29) is 6.04 Å². The van der Waals surface area contributed by atoms with Crippen molar-refractivity contribution >= 4 is 32.9 Å². The maximum absolute atomic E-state index is 4.43. The number of hydrogen-bond acceptors (Lipinski definition) is 4. The lowest BCUT2D eigenvalue weighted by molar-refractivity contribution is 0.902. The number of benzene rings is 1. The molecule has 1 unspecified atom stereocenters. The third kappa shape index (κ3) is 2.85. The van der Waals surface area contributed by atoms with Crippen LogP contribution < -0.4 is 10.2 Å². The summed E-state index contributed by atoms with van der Waals surface area (Å²) in [6.07, 6.45) is 1.82. The Morgan fingerprint density at radius 3 is 2.71 bits per heavy atom. The number of hydrogen-bond donors (Lipinski definition) is 1. The van der Waals surface area contributed by atoms with Gasteiger partial charge in [-0.15, -0.1) is 11.3 Å². The van der Waals surface area contributed by atoms with Gasteiger partial charge in [0.1, 0.15) is 0 Å². The molecule has 3 nitrogen and oxygen atoms in total. The van der Waals surface area contributed by atoms with Crippen molar-refractivity contribution in [2.45, 2.75) is 13.0 Å². The zero-order chi connectivity index (χ0) is 14.8. The minimum absolute atomic E-state index is 0.255. The Labute approximate surface area is 129 Å². The summed E-state index contributed by atoms with van der Waals surface area (Å²) in [6, 6.07) is 15.1. The number of rotatable bonds is 4. The summed E-state index contributed by atoms with van der Waals surface area (Å²) in [4.78, 5) is 7.80. The van der Waals surface area contributed by atoms with E-state index in [0.717, 1.165) is 11.5 Å². The molecule has 0 radical (unpaired) electrons. The summed E-state index contributed by atoms with van der Waals surface area (Å²) in [5.41, 5.74) is 1.06. The molecule has 21 heavy (non-hydrogen) atoms. The van der Waals surface area contributed by atoms with Crippen LogP contribution >= 0.6 is 11.3 Å². The first kappa shape index (κ1) is 13.9. The monoisotopic (exact) mass is 297 g/mol. The molecule has 2 aromatic heterocycles. The molecule has 0 aliphatic heterocycles. The van der Waals surface area contributed by atoms with Crippen LogP contribution in [0.15, 0.2) is 48.7 Å². The van der Waals surface area contributed by atoms with E-state index in [4.69, 9.17) is 0 Å². The van der Waals surface area contributed by atoms with E-state index in [0.29, 0.717) is 0 Å². The molecule has 3 aromatic rings. The minimum Gasteiger partial charge on any atom is -0.375 e. The lowest BCUT2D eigenvalue weighted by Crippen LogP contribution is -2.15. The van der Waals surface area contributed by atoms with Gasteiger partial charge in [0.2, 0.25) is 0 Å². The topological polar surface area (TPSA) is 28.2 Å². The van der Waals surface area contributed by atoms with Gasteiger partial charge in [0.15, 0.2) is 5.82 Å². The quantitative estimate of drug-likeness (QED) is 0.766. The van der Waals surface area contributed by atoms with Crippen molar-refractivity contribution in [1.82, 2.24) is 4.98 Å². The van der Waals surface area contributed by atoms with E-state index >= 15 is 0 Å². The molecule has 0 fully saturated rings. The summed E-state index contributed by atoms with van der Waals surface area (Å²) in [6.45, 7) is 2.19. The van der Waals surface area contributed by atoms with E-state index in [1.54, 1.807) is 0 Å².